The zero-order valence-corrected chi connectivity index (χ0v) is 11.1. The molecule has 0 radical (unpaired) electrons. The highest BCUT2D eigenvalue weighted by molar-refractivity contribution is 5.71. The monoisotopic (exact) mass is 252 g/mol. The van der Waals surface area contributed by atoms with E-state index in [0.717, 1.165) is 29.8 Å². The van der Waals surface area contributed by atoms with E-state index in [9.17, 15) is 5.26 Å². The Morgan fingerprint density at radius 3 is 2.89 bits per heavy atom. The smallest absolute Gasteiger partial charge is 0.123 e. The Labute approximate surface area is 112 Å². The minimum Gasteiger partial charge on any atom is -0.384 e. The van der Waals surface area contributed by atoms with Gasteiger partial charge in [0, 0.05) is 24.0 Å². The second-order valence-electron chi connectivity index (χ2n) is 5.90. The van der Waals surface area contributed by atoms with E-state index < -0.39 is 0 Å². The van der Waals surface area contributed by atoms with Crippen molar-refractivity contribution in [3.63, 3.8) is 0 Å². The number of rotatable bonds is 1. The van der Waals surface area contributed by atoms with E-state index in [1.54, 1.807) is 6.20 Å². The third-order valence-electron chi connectivity index (χ3n) is 3.65. The van der Waals surface area contributed by atoms with E-state index >= 15 is 0 Å². The van der Waals surface area contributed by atoms with Crippen LogP contribution >= 0.6 is 0 Å². The number of fused-ring (bicyclic) bond motifs is 1. The van der Waals surface area contributed by atoms with E-state index in [1.165, 1.54) is 5.69 Å². The summed E-state index contributed by atoms with van der Waals surface area (Å²) in [5.41, 5.74) is 10.1. The molecule has 0 aromatic carbocycles. The molecule has 0 spiro atoms. The third kappa shape index (κ3) is 1.88. The van der Waals surface area contributed by atoms with Gasteiger partial charge in [-0.05, 0) is 35.6 Å². The molecule has 1 aliphatic heterocycles. The molecule has 2 aromatic rings. The number of nitrogen functional groups attached to an aromatic ring is 1. The third-order valence-corrected chi connectivity index (χ3v) is 3.65. The van der Waals surface area contributed by atoms with E-state index in [4.69, 9.17) is 5.73 Å². The molecule has 0 unspecified atom stereocenters. The molecule has 2 aromatic heterocycles. The van der Waals surface area contributed by atoms with Gasteiger partial charge in [-0.1, -0.05) is 13.8 Å². The first-order valence-corrected chi connectivity index (χ1v) is 6.34. The van der Waals surface area contributed by atoms with E-state index in [1.807, 2.05) is 18.2 Å². The molecule has 0 saturated carbocycles. The Morgan fingerprint density at radius 2 is 2.21 bits per heavy atom. The first kappa shape index (κ1) is 11.8. The highest BCUT2D eigenvalue weighted by atomic mass is 15.0. The van der Waals surface area contributed by atoms with Gasteiger partial charge in [0.1, 0.15) is 17.6 Å². The van der Waals surface area contributed by atoms with Gasteiger partial charge in [-0.25, -0.2) is 4.98 Å². The van der Waals surface area contributed by atoms with Gasteiger partial charge in [0.05, 0.1) is 0 Å². The first-order valence-electron chi connectivity index (χ1n) is 6.34. The summed E-state index contributed by atoms with van der Waals surface area (Å²) >= 11 is 0. The predicted molar refractivity (Wildman–Crippen MR) is 74.3 cm³/mol. The fraction of sp³-hybridized carbons (Fsp3) is 0.333. The van der Waals surface area contributed by atoms with Crippen LogP contribution in [0.15, 0.2) is 24.4 Å². The quantitative estimate of drug-likeness (QED) is 0.848. The summed E-state index contributed by atoms with van der Waals surface area (Å²) in [6.45, 7) is 5.35. The Kier molecular flexibility index (Phi) is 2.39. The highest BCUT2D eigenvalue weighted by Gasteiger charge is 2.32. The molecule has 2 N–H and O–H groups in total. The van der Waals surface area contributed by atoms with Crippen molar-refractivity contribution >= 4 is 5.82 Å². The number of aromatic nitrogens is 2. The standard InChI is InChI=1S/C15H16N4/c1-15(2)7-13-12(6-11(8-16)19(13)9-15)10-3-4-18-14(17)5-10/h3-6H,7,9H2,1-2H3,(H2,17,18). The molecule has 3 rings (SSSR count). The lowest BCUT2D eigenvalue weighted by atomic mass is 9.89. The van der Waals surface area contributed by atoms with Crippen molar-refractivity contribution < 1.29 is 0 Å². The van der Waals surface area contributed by atoms with Crippen LogP contribution in [0.3, 0.4) is 0 Å². The molecule has 3 heterocycles. The first-order chi connectivity index (χ1) is 9.00. The molecule has 0 fully saturated rings. The molecular weight excluding hydrogens is 236 g/mol. The zero-order chi connectivity index (χ0) is 13.6. The van der Waals surface area contributed by atoms with Gasteiger partial charge in [0.25, 0.3) is 0 Å². The van der Waals surface area contributed by atoms with Crippen LogP contribution in [0.5, 0.6) is 0 Å². The van der Waals surface area contributed by atoms with Gasteiger partial charge < -0.3 is 10.3 Å². The molecule has 19 heavy (non-hydrogen) atoms. The number of anilines is 1. The molecule has 0 saturated heterocycles. The Morgan fingerprint density at radius 1 is 1.42 bits per heavy atom. The summed E-state index contributed by atoms with van der Waals surface area (Å²) in [4.78, 5) is 4.02. The Bertz CT molecular complexity index is 689. The lowest BCUT2D eigenvalue weighted by Crippen LogP contribution is -2.13. The average molecular weight is 252 g/mol. The maximum absolute atomic E-state index is 9.28. The second-order valence-corrected chi connectivity index (χ2v) is 5.90. The maximum atomic E-state index is 9.28. The second kappa shape index (κ2) is 3.86. The van der Waals surface area contributed by atoms with Crippen molar-refractivity contribution in [3.8, 4) is 17.2 Å². The van der Waals surface area contributed by atoms with Gasteiger partial charge in [0.15, 0.2) is 0 Å². The van der Waals surface area contributed by atoms with E-state index in [0.29, 0.717) is 5.82 Å². The van der Waals surface area contributed by atoms with Crippen LogP contribution in [0, 0.1) is 16.7 Å². The lowest BCUT2D eigenvalue weighted by molar-refractivity contribution is 0.358. The van der Waals surface area contributed by atoms with Gasteiger partial charge in [-0.3, -0.25) is 0 Å². The van der Waals surface area contributed by atoms with Crippen LogP contribution in [-0.4, -0.2) is 9.55 Å². The summed E-state index contributed by atoms with van der Waals surface area (Å²) in [6.07, 6.45) is 2.69. The van der Waals surface area contributed by atoms with Crippen molar-refractivity contribution in [1.82, 2.24) is 9.55 Å². The summed E-state index contributed by atoms with van der Waals surface area (Å²) in [7, 11) is 0. The van der Waals surface area contributed by atoms with Crippen molar-refractivity contribution in [2.75, 3.05) is 5.73 Å². The topological polar surface area (TPSA) is 67.6 Å². The number of nitriles is 1. The number of hydrogen-bond donors (Lipinski definition) is 1. The molecule has 0 aliphatic carbocycles. The lowest BCUT2D eigenvalue weighted by Gasteiger charge is -2.15. The number of nitrogens with zero attached hydrogens (tertiary/aromatic N) is 3. The average Bonchev–Trinajstić information content (AvgIpc) is 2.82. The van der Waals surface area contributed by atoms with Crippen molar-refractivity contribution in [2.24, 2.45) is 5.41 Å². The number of pyridine rings is 1. The molecule has 0 atom stereocenters. The van der Waals surface area contributed by atoms with Gasteiger partial charge in [-0.15, -0.1) is 0 Å². The van der Waals surface area contributed by atoms with Crippen LogP contribution in [-0.2, 0) is 13.0 Å². The number of hydrogen-bond acceptors (Lipinski definition) is 3. The van der Waals surface area contributed by atoms with Crippen LogP contribution in [0.25, 0.3) is 11.1 Å². The number of nitrogens with two attached hydrogens (primary N) is 1. The van der Waals surface area contributed by atoms with Gasteiger partial charge in [0.2, 0.25) is 0 Å². The fourth-order valence-corrected chi connectivity index (χ4v) is 2.86. The normalized spacial score (nSPS) is 16.1. The molecule has 4 heteroatoms. The van der Waals surface area contributed by atoms with E-state index in [-0.39, 0.29) is 5.41 Å². The molecule has 1 aliphatic rings. The molecular formula is C15H16N4. The highest BCUT2D eigenvalue weighted by Crippen LogP contribution is 2.39. The maximum Gasteiger partial charge on any atom is 0.123 e. The molecule has 0 amide bonds. The fourth-order valence-electron chi connectivity index (χ4n) is 2.86. The van der Waals surface area contributed by atoms with Crippen LogP contribution in [0.4, 0.5) is 5.82 Å². The summed E-state index contributed by atoms with van der Waals surface area (Å²) in [5.74, 6) is 0.508. The largest absolute Gasteiger partial charge is 0.384 e. The summed E-state index contributed by atoms with van der Waals surface area (Å²) in [6, 6.07) is 8.05. The summed E-state index contributed by atoms with van der Waals surface area (Å²) < 4.78 is 2.13. The van der Waals surface area contributed by atoms with Crippen molar-refractivity contribution in [1.29, 1.82) is 5.26 Å². The minimum atomic E-state index is 0.204. The van der Waals surface area contributed by atoms with E-state index in [2.05, 4.69) is 29.5 Å². The Hall–Kier alpha value is -2.28. The summed E-state index contributed by atoms with van der Waals surface area (Å²) in [5, 5.41) is 9.28. The molecule has 4 nitrogen and oxygen atoms in total. The minimum absolute atomic E-state index is 0.204. The zero-order valence-electron chi connectivity index (χ0n) is 11.1. The van der Waals surface area contributed by atoms with Crippen LogP contribution in [0.2, 0.25) is 0 Å². The molecule has 96 valence electrons. The van der Waals surface area contributed by atoms with Gasteiger partial charge in [-0.2, -0.15) is 5.26 Å². The van der Waals surface area contributed by atoms with Crippen molar-refractivity contribution in [2.45, 2.75) is 26.8 Å². The Balaban J connectivity index is 2.18. The van der Waals surface area contributed by atoms with Gasteiger partial charge >= 0.3 is 0 Å². The van der Waals surface area contributed by atoms with Crippen LogP contribution in [0.1, 0.15) is 25.2 Å². The van der Waals surface area contributed by atoms with Crippen LogP contribution < -0.4 is 5.73 Å². The molecule has 0 bridgehead atoms. The van der Waals surface area contributed by atoms with Crippen molar-refractivity contribution in [3.05, 3.63) is 35.8 Å². The SMILES string of the molecule is CC1(C)Cc2c(-c3ccnc(N)c3)cc(C#N)n2C1. The predicted octanol–water partition coefficient (Wildman–Crippen LogP) is 2.59.